The monoisotopic (exact) mass is 209 g/mol. The van der Waals surface area contributed by atoms with E-state index >= 15 is 0 Å². The molecule has 0 aliphatic rings. The summed E-state index contributed by atoms with van der Waals surface area (Å²) >= 11 is 1.49. The molecule has 0 spiro atoms. The van der Waals surface area contributed by atoms with Crippen molar-refractivity contribution in [3.8, 4) is 0 Å². The van der Waals surface area contributed by atoms with Gasteiger partial charge in [-0.1, -0.05) is 19.1 Å². The lowest BCUT2D eigenvalue weighted by Crippen LogP contribution is -2.31. The fourth-order valence-electron chi connectivity index (χ4n) is 1.26. The maximum absolute atomic E-state index is 11.9. The second-order valence-electron chi connectivity index (χ2n) is 3.02. The Labute approximate surface area is 88.9 Å². The van der Waals surface area contributed by atoms with Crippen molar-refractivity contribution in [3.05, 3.63) is 35.0 Å². The van der Waals surface area contributed by atoms with Crippen molar-refractivity contribution in [2.45, 2.75) is 13.3 Å². The highest BCUT2D eigenvalue weighted by Gasteiger charge is 2.13. The Bertz CT molecular complexity index is 292. The molecular formula is C11H15NOS. The lowest BCUT2D eigenvalue weighted by Gasteiger charge is -2.19. The number of hydrogen-bond acceptors (Lipinski definition) is 2. The number of amides is 1. The van der Waals surface area contributed by atoms with Gasteiger partial charge < -0.3 is 4.90 Å². The summed E-state index contributed by atoms with van der Waals surface area (Å²) in [6.07, 6.45) is 2.74. The molecule has 1 heterocycles. The summed E-state index contributed by atoms with van der Waals surface area (Å²) in [4.78, 5) is 14.5. The minimum Gasteiger partial charge on any atom is -0.334 e. The Morgan fingerprint density at radius 2 is 2.50 bits per heavy atom. The zero-order chi connectivity index (χ0) is 10.4. The van der Waals surface area contributed by atoms with Gasteiger partial charge in [-0.2, -0.15) is 0 Å². The maximum Gasteiger partial charge on any atom is 0.264 e. The smallest absolute Gasteiger partial charge is 0.264 e. The van der Waals surface area contributed by atoms with Crippen molar-refractivity contribution in [1.82, 2.24) is 4.90 Å². The molecule has 1 amide bonds. The van der Waals surface area contributed by atoms with E-state index in [-0.39, 0.29) is 5.91 Å². The minimum absolute atomic E-state index is 0.113. The summed E-state index contributed by atoms with van der Waals surface area (Å²) in [6.45, 7) is 7.15. The van der Waals surface area contributed by atoms with Gasteiger partial charge in [-0.25, -0.2) is 0 Å². The molecule has 1 aromatic rings. The van der Waals surface area contributed by atoms with Crippen molar-refractivity contribution in [3.63, 3.8) is 0 Å². The number of nitrogens with zero attached hydrogens (tertiary/aromatic N) is 1. The fraction of sp³-hybridized carbons (Fsp3) is 0.364. The predicted molar refractivity (Wildman–Crippen MR) is 60.7 cm³/mol. The molecule has 14 heavy (non-hydrogen) atoms. The first-order valence-corrected chi connectivity index (χ1v) is 5.61. The molecule has 0 saturated carbocycles. The highest BCUT2D eigenvalue weighted by Crippen LogP contribution is 2.12. The topological polar surface area (TPSA) is 20.3 Å². The molecule has 2 nitrogen and oxygen atoms in total. The Balaban J connectivity index is 2.68. The highest BCUT2D eigenvalue weighted by molar-refractivity contribution is 7.12. The number of carbonyl (C=O) groups excluding carboxylic acids is 1. The normalized spacial score (nSPS) is 9.79. The minimum atomic E-state index is 0.113. The fourth-order valence-corrected chi connectivity index (χ4v) is 1.95. The molecule has 0 atom stereocenters. The standard InChI is InChI=1S/C11H15NOS/c1-3-7-12(8-4-2)11(13)10-6-5-9-14-10/h3,5-6,9H,1,4,7-8H2,2H3. The van der Waals surface area contributed by atoms with Crippen molar-refractivity contribution in [2.24, 2.45) is 0 Å². The van der Waals surface area contributed by atoms with Crippen molar-refractivity contribution in [1.29, 1.82) is 0 Å². The van der Waals surface area contributed by atoms with Crippen molar-refractivity contribution >= 4 is 17.2 Å². The number of carbonyl (C=O) groups is 1. The zero-order valence-corrected chi connectivity index (χ0v) is 9.22. The van der Waals surface area contributed by atoms with Gasteiger partial charge in [0.1, 0.15) is 0 Å². The third-order valence-electron chi connectivity index (χ3n) is 1.86. The van der Waals surface area contributed by atoms with Crippen LogP contribution in [0.1, 0.15) is 23.0 Å². The molecular weight excluding hydrogens is 194 g/mol. The third-order valence-corrected chi connectivity index (χ3v) is 2.72. The molecule has 0 radical (unpaired) electrons. The van der Waals surface area contributed by atoms with E-state index in [0.717, 1.165) is 17.8 Å². The lowest BCUT2D eigenvalue weighted by molar-refractivity contribution is 0.0779. The van der Waals surface area contributed by atoms with Gasteiger partial charge in [0.25, 0.3) is 5.91 Å². The van der Waals surface area contributed by atoms with E-state index in [1.807, 2.05) is 22.4 Å². The van der Waals surface area contributed by atoms with Crippen LogP contribution >= 0.6 is 11.3 Å². The van der Waals surface area contributed by atoms with Crippen molar-refractivity contribution < 1.29 is 4.79 Å². The Morgan fingerprint density at radius 1 is 1.71 bits per heavy atom. The molecule has 0 fully saturated rings. The van der Waals surface area contributed by atoms with E-state index in [0.29, 0.717) is 6.54 Å². The molecule has 0 aliphatic heterocycles. The Morgan fingerprint density at radius 3 is 3.00 bits per heavy atom. The van der Waals surface area contributed by atoms with Crippen LogP contribution in [0.15, 0.2) is 30.2 Å². The van der Waals surface area contributed by atoms with Gasteiger partial charge in [-0.3, -0.25) is 4.79 Å². The first-order valence-electron chi connectivity index (χ1n) is 4.73. The molecule has 0 saturated heterocycles. The van der Waals surface area contributed by atoms with Crippen LogP contribution in [0.2, 0.25) is 0 Å². The molecule has 0 bridgehead atoms. The average molecular weight is 209 g/mol. The number of rotatable bonds is 5. The van der Waals surface area contributed by atoms with Gasteiger partial charge in [0, 0.05) is 13.1 Å². The number of thiophene rings is 1. The van der Waals surface area contributed by atoms with Gasteiger partial charge >= 0.3 is 0 Å². The largest absolute Gasteiger partial charge is 0.334 e. The molecule has 76 valence electrons. The molecule has 3 heteroatoms. The summed E-state index contributed by atoms with van der Waals surface area (Å²) < 4.78 is 0. The second kappa shape index (κ2) is 5.60. The van der Waals surface area contributed by atoms with E-state index in [2.05, 4.69) is 13.5 Å². The van der Waals surface area contributed by atoms with E-state index in [1.54, 1.807) is 6.08 Å². The lowest BCUT2D eigenvalue weighted by atomic mass is 10.3. The van der Waals surface area contributed by atoms with E-state index in [1.165, 1.54) is 11.3 Å². The molecule has 0 aliphatic carbocycles. The molecule has 0 unspecified atom stereocenters. The summed E-state index contributed by atoms with van der Waals surface area (Å²) in [5, 5.41) is 1.92. The van der Waals surface area contributed by atoms with Crippen LogP contribution in [0.3, 0.4) is 0 Å². The molecule has 1 aromatic heterocycles. The van der Waals surface area contributed by atoms with E-state index < -0.39 is 0 Å². The summed E-state index contributed by atoms with van der Waals surface area (Å²) in [5.41, 5.74) is 0. The predicted octanol–water partition coefficient (Wildman–Crippen LogP) is 2.79. The van der Waals surface area contributed by atoms with Gasteiger partial charge in [0.2, 0.25) is 0 Å². The maximum atomic E-state index is 11.9. The molecule has 0 N–H and O–H groups in total. The highest BCUT2D eigenvalue weighted by atomic mass is 32.1. The van der Waals surface area contributed by atoms with Crippen LogP contribution in [-0.4, -0.2) is 23.9 Å². The Kier molecular flexibility index (Phi) is 4.40. The summed E-state index contributed by atoms with van der Waals surface area (Å²) in [6, 6.07) is 3.76. The summed E-state index contributed by atoms with van der Waals surface area (Å²) in [5.74, 6) is 0.113. The summed E-state index contributed by atoms with van der Waals surface area (Å²) in [7, 11) is 0. The second-order valence-corrected chi connectivity index (χ2v) is 3.96. The van der Waals surface area contributed by atoms with Crippen LogP contribution in [0.25, 0.3) is 0 Å². The van der Waals surface area contributed by atoms with Gasteiger partial charge in [0.15, 0.2) is 0 Å². The number of hydrogen-bond donors (Lipinski definition) is 0. The van der Waals surface area contributed by atoms with Crippen LogP contribution in [0, 0.1) is 0 Å². The molecule has 1 rings (SSSR count). The van der Waals surface area contributed by atoms with E-state index in [4.69, 9.17) is 0 Å². The van der Waals surface area contributed by atoms with Gasteiger partial charge in [0.05, 0.1) is 4.88 Å². The molecule has 0 aromatic carbocycles. The average Bonchev–Trinajstić information content (AvgIpc) is 2.69. The van der Waals surface area contributed by atoms with Crippen LogP contribution in [0.5, 0.6) is 0 Å². The van der Waals surface area contributed by atoms with Crippen molar-refractivity contribution in [2.75, 3.05) is 13.1 Å². The van der Waals surface area contributed by atoms with Crippen LogP contribution in [-0.2, 0) is 0 Å². The SMILES string of the molecule is C=CCN(CCC)C(=O)c1cccs1. The van der Waals surface area contributed by atoms with Crippen LogP contribution in [0.4, 0.5) is 0 Å². The van der Waals surface area contributed by atoms with Gasteiger partial charge in [-0.05, 0) is 17.9 Å². The van der Waals surface area contributed by atoms with Crippen LogP contribution < -0.4 is 0 Å². The first-order chi connectivity index (χ1) is 6.79. The van der Waals surface area contributed by atoms with E-state index in [9.17, 15) is 4.79 Å². The van der Waals surface area contributed by atoms with Gasteiger partial charge in [-0.15, -0.1) is 17.9 Å². The zero-order valence-electron chi connectivity index (χ0n) is 8.40. The quantitative estimate of drug-likeness (QED) is 0.683. The first kappa shape index (κ1) is 11.0. The Hall–Kier alpha value is -1.09. The third kappa shape index (κ3) is 2.70.